The van der Waals surface area contributed by atoms with Gasteiger partial charge in [-0.05, 0) is 54.6 Å². The smallest absolute Gasteiger partial charge is 0.289 e. The number of benzene rings is 2. The summed E-state index contributed by atoms with van der Waals surface area (Å²) in [5.41, 5.74) is -2.09. The first kappa shape index (κ1) is 25.1. The lowest BCUT2D eigenvalue weighted by molar-refractivity contribution is -0.610. The Labute approximate surface area is 184 Å². The summed E-state index contributed by atoms with van der Waals surface area (Å²) in [4.78, 5) is 11.6. The van der Waals surface area contributed by atoms with Crippen LogP contribution in [0.15, 0.2) is 80.5 Å². The summed E-state index contributed by atoms with van der Waals surface area (Å²) in [5, 5.41) is 0.674. The van der Waals surface area contributed by atoms with Gasteiger partial charge in [-0.25, -0.2) is 0 Å². The standard InChI is InChI=1S/C18H14F6N2O5S2/c19-17(20,21)11-1-5-13(6-2-11)32(28,29)15-9-10-16(26(27)25-15)33(30,31)14-7-3-12(4-8-14)18(22,23)24/h1-10H,(H4-,25,27,28,29,30,31)/p+1. The molecule has 15 heteroatoms. The first-order valence-electron chi connectivity index (χ1n) is 8.61. The molecule has 0 amide bonds. The van der Waals surface area contributed by atoms with E-state index in [1.807, 2.05) is 5.10 Å². The zero-order valence-electron chi connectivity index (χ0n) is 16.0. The molecule has 3 rings (SSSR count). The molecule has 7 nitrogen and oxygen atoms in total. The summed E-state index contributed by atoms with van der Waals surface area (Å²) >= 11 is 0. The Morgan fingerprint density at radius 2 is 1.03 bits per heavy atom. The molecule has 5 N–H and O–H groups in total. The zero-order valence-corrected chi connectivity index (χ0v) is 17.6. The molecular formula is C18H15F6N2O5S2+. The number of H-pyrrole nitrogens is 1. The fraction of sp³-hybridized carbons (Fsp3) is 0.111. The van der Waals surface area contributed by atoms with Crippen LogP contribution in [0.25, 0.3) is 0 Å². The van der Waals surface area contributed by atoms with Gasteiger partial charge in [0, 0.05) is 6.07 Å². The van der Waals surface area contributed by atoms with Crippen LogP contribution in [0.3, 0.4) is 0 Å². The monoisotopic (exact) mass is 517 g/mol. The van der Waals surface area contributed by atoms with E-state index in [0.29, 0.717) is 24.3 Å². The van der Waals surface area contributed by atoms with E-state index in [1.54, 1.807) is 0 Å². The molecule has 2 aromatic carbocycles. The van der Waals surface area contributed by atoms with Crippen LogP contribution >= 0.6 is 21.2 Å². The average Bonchev–Trinajstić information content (AvgIpc) is 2.72. The largest absolute Gasteiger partial charge is 0.416 e. The fourth-order valence-electron chi connectivity index (χ4n) is 2.69. The Morgan fingerprint density at radius 3 is 1.39 bits per heavy atom. The van der Waals surface area contributed by atoms with E-state index >= 15 is 0 Å². The molecule has 180 valence electrons. The van der Waals surface area contributed by atoms with Crippen molar-refractivity contribution in [1.29, 1.82) is 0 Å². The molecule has 3 aromatic rings. The topological polar surface area (TPSA) is 120 Å². The van der Waals surface area contributed by atoms with Crippen LogP contribution in [0.4, 0.5) is 26.3 Å². The van der Waals surface area contributed by atoms with E-state index in [1.165, 1.54) is 0 Å². The molecule has 0 radical (unpaired) electrons. The lowest BCUT2D eigenvalue weighted by atomic mass is 10.2. The van der Waals surface area contributed by atoms with Gasteiger partial charge in [0.25, 0.3) is 0 Å². The minimum Gasteiger partial charge on any atom is -0.289 e. The van der Waals surface area contributed by atoms with E-state index in [9.17, 15) is 49.5 Å². The summed E-state index contributed by atoms with van der Waals surface area (Å²) in [6, 6.07) is 7.31. The van der Waals surface area contributed by atoms with Gasteiger partial charge in [0.15, 0.2) is 9.57 Å². The SMILES string of the molecule is O=[n+]1[nH]c(S(O)(O)c2ccc(C(F)(F)F)cc2)ccc1S(O)(O)c1ccc(C(F)(F)F)cc1. The van der Waals surface area contributed by atoms with Gasteiger partial charge in [0.05, 0.1) is 25.8 Å². The Morgan fingerprint density at radius 1 is 0.636 bits per heavy atom. The molecule has 0 saturated heterocycles. The molecule has 0 spiro atoms. The molecule has 0 atom stereocenters. The van der Waals surface area contributed by atoms with Gasteiger partial charge in [-0.15, -0.1) is 10.6 Å². The molecule has 1 aromatic heterocycles. The van der Waals surface area contributed by atoms with Crippen LogP contribution in [-0.4, -0.2) is 23.3 Å². The van der Waals surface area contributed by atoms with Gasteiger partial charge in [-0.2, -0.15) is 26.3 Å². The highest BCUT2D eigenvalue weighted by Gasteiger charge is 2.35. The van der Waals surface area contributed by atoms with Crippen molar-refractivity contribution < 1.29 is 49.1 Å². The summed E-state index contributed by atoms with van der Waals surface area (Å²) in [6.07, 6.45) is -9.32. The maximum Gasteiger partial charge on any atom is 0.416 e. The normalized spacial score (nSPS) is 14.2. The minimum absolute atomic E-state index is 0.222. The highest BCUT2D eigenvalue weighted by Crippen LogP contribution is 2.57. The number of hydrogen-bond donors (Lipinski definition) is 5. The van der Waals surface area contributed by atoms with Crippen molar-refractivity contribution in [2.75, 3.05) is 0 Å². The van der Waals surface area contributed by atoms with Crippen LogP contribution in [0, 0.1) is 4.91 Å². The summed E-state index contributed by atoms with van der Waals surface area (Å²) < 4.78 is 118. The summed E-state index contributed by atoms with van der Waals surface area (Å²) in [7, 11) is -8.10. The number of aromatic amines is 1. The third-order valence-corrected chi connectivity index (χ3v) is 7.99. The second-order valence-corrected chi connectivity index (χ2v) is 10.6. The predicted octanol–water partition coefficient (Wildman–Crippen LogP) is 6.30. The Kier molecular flexibility index (Phi) is 6.33. The second-order valence-electron chi connectivity index (χ2n) is 6.58. The van der Waals surface area contributed by atoms with E-state index in [-0.39, 0.29) is 9.44 Å². The Hall–Kier alpha value is -2.56. The van der Waals surface area contributed by atoms with Crippen LogP contribution in [-0.2, 0) is 12.4 Å². The van der Waals surface area contributed by atoms with Crippen molar-refractivity contribution in [3.05, 3.63) is 76.7 Å². The van der Waals surface area contributed by atoms with Crippen molar-refractivity contribution in [3.8, 4) is 0 Å². The van der Waals surface area contributed by atoms with Crippen LogP contribution < -0.4 is 4.54 Å². The third-order valence-electron chi connectivity index (χ3n) is 4.41. The molecule has 0 bridgehead atoms. The van der Waals surface area contributed by atoms with E-state index in [0.717, 1.165) is 36.4 Å². The van der Waals surface area contributed by atoms with E-state index in [2.05, 4.69) is 0 Å². The average molecular weight is 517 g/mol. The molecule has 0 saturated carbocycles. The molecule has 0 aliphatic rings. The number of alkyl halides is 6. The first-order chi connectivity index (χ1) is 15.0. The highest BCUT2D eigenvalue weighted by molar-refractivity contribution is 8.24. The number of aromatic nitrogens is 2. The molecular weight excluding hydrogens is 502 g/mol. The van der Waals surface area contributed by atoms with Crippen molar-refractivity contribution in [2.24, 2.45) is 0 Å². The summed E-state index contributed by atoms with van der Waals surface area (Å²) in [5.74, 6) is 0. The molecule has 0 aliphatic heterocycles. The van der Waals surface area contributed by atoms with Crippen LogP contribution in [0.5, 0.6) is 0 Å². The number of nitrogens with zero attached hydrogens (tertiary/aromatic N) is 1. The quantitative estimate of drug-likeness (QED) is 0.205. The third kappa shape index (κ3) is 5.02. The lowest BCUT2D eigenvalue weighted by Crippen LogP contribution is -2.28. The zero-order chi connectivity index (χ0) is 24.8. The first-order valence-corrected chi connectivity index (χ1v) is 11.7. The molecule has 33 heavy (non-hydrogen) atoms. The van der Waals surface area contributed by atoms with Gasteiger partial charge >= 0.3 is 17.4 Å². The fourth-order valence-corrected chi connectivity index (χ4v) is 5.22. The van der Waals surface area contributed by atoms with Crippen LogP contribution in [0.2, 0.25) is 0 Å². The number of hydrogen-bond acceptors (Lipinski definition) is 5. The van der Waals surface area contributed by atoms with Crippen LogP contribution in [0.1, 0.15) is 11.1 Å². The van der Waals surface area contributed by atoms with Gasteiger partial charge in [0.2, 0.25) is 0 Å². The molecule has 0 unspecified atom stereocenters. The Bertz CT molecular complexity index is 1210. The van der Waals surface area contributed by atoms with Crippen molar-refractivity contribution in [2.45, 2.75) is 32.2 Å². The van der Waals surface area contributed by atoms with Gasteiger partial charge < -0.3 is 0 Å². The lowest BCUT2D eigenvalue weighted by Gasteiger charge is -2.31. The maximum absolute atomic E-state index is 12.7. The number of halogens is 6. The number of rotatable bonds is 4. The van der Waals surface area contributed by atoms with E-state index in [4.69, 9.17) is 0 Å². The molecule has 0 fully saturated rings. The summed E-state index contributed by atoms with van der Waals surface area (Å²) in [6.45, 7) is 0. The van der Waals surface area contributed by atoms with Crippen molar-refractivity contribution >= 4 is 21.2 Å². The van der Waals surface area contributed by atoms with Gasteiger partial charge in [0.1, 0.15) is 0 Å². The molecule has 1 heterocycles. The van der Waals surface area contributed by atoms with Crippen molar-refractivity contribution in [1.82, 2.24) is 5.10 Å². The Balaban J connectivity index is 1.95. The number of nitrogens with one attached hydrogen (secondary N) is 1. The van der Waals surface area contributed by atoms with Gasteiger partial charge in [-0.3, -0.25) is 18.2 Å². The highest BCUT2D eigenvalue weighted by atomic mass is 32.3. The predicted molar refractivity (Wildman–Crippen MR) is 106 cm³/mol. The van der Waals surface area contributed by atoms with Crippen molar-refractivity contribution in [3.63, 3.8) is 0 Å². The van der Waals surface area contributed by atoms with E-state index < -0.39 is 59.6 Å². The minimum atomic E-state index is -4.66. The molecule has 0 aliphatic carbocycles. The second kappa shape index (κ2) is 8.34. The van der Waals surface area contributed by atoms with Gasteiger partial charge in [-0.1, -0.05) is 15.7 Å². The maximum atomic E-state index is 12.7.